The molecule has 0 spiro atoms. The highest BCUT2D eigenvalue weighted by Gasteiger charge is 2.37. The van der Waals surface area contributed by atoms with Crippen LogP contribution in [0.15, 0.2) is 309 Å². The van der Waals surface area contributed by atoms with Gasteiger partial charge in [-0.2, -0.15) is 0 Å². The van der Waals surface area contributed by atoms with E-state index in [-0.39, 0.29) is 5.41 Å². The Balaban J connectivity index is 0.782. The Morgan fingerprint density at radius 2 is 0.650 bits per heavy atom. The lowest BCUT2D eigenvalue weighted by molar-refractivity contribution is 0.632. The predicted molar refractivity (Wildman–Crippen MR) is 340 cm³/mol. The lowest BCUT2D eigenvalue weighted by Gasteiger charge is -2.42. The zero-order chi connectivity index (χ0) is 54.0. The van der Waals surface area contributed by atoms with Gasteiger partial charge in [-0.3, -0.25) is 0 Å². The minimum Gasteiger partial charge on any atom is -0.311 e. The highest BCUT2D eigenvalue weighted by Crippen LogP contribution is 2.54. The van der Waals surface area contributed by atoms with Crippen molar-refractivity contribution in [2.45, 2.75) is 32.6 Å². The van der Waals surface area contributed by atoms with E-state index >= 15 is 0 Å². The van der Waals surface area contributed by atoms with Gasteiger partial charge >= 0.3 is 0 Å². The van der Waals surface area contributed by atoms with Crippen molar-refractivity contribution >= 4 is 56.8 Å². The molecule has 0 aromatic heterocycles. The first-order valence-electron chi connectivity index (χ1n) is 27.8. The Morgan fingerprint density at radius 1 is 0.338 bits per heavy atom. The van der Waals surface area contributed by atoms with Gasteiger partial charge in [0.25, 0.3) is 0 Å². The van der Waals surface area contributed by atoms with Crippen molar-refractivity contribution < 1.29 is 0 Å². The fourth-order valence-electron chi connectivity index (χ4n) is 11.7. The first-order chi connectivity index (χ1) is 39.3. The second-order valence-corrected chi connectivity index (χ2v) is 21.4. The molecule has 0 fully saturated rings. The molecule has 3 nitrogen and oxygen atoms in total. The van der Waals surface area contributed by atoms with Crippen LogP contribution in [0, 0.1) is 0 Å². The van der Waals surface area contributed by atoms with E-state index in [4.69, 9.17) is 0 Å². The van der Waals surface area contributed by atoms with Crippen molar-refractivity contribution in [1.82, 2.24) is 0 Å². The van der Waals surface area contributed by atoms with Crippen molar-refractivity contribution in [2.24, 2.45) is 0 Å². The van der Waals surface area contributed by atoms with E-state index in [2.05, 4.69) is 339 Å². The Labute approximate surface area is 471 Å². The number of para-hydroxylation sites is 4. The third-order valence-electron chi connectivity index (χ3n) is 16.1. The van der Waals surface area contributed by atoms with E-state index in [1.807, 2.05) is 0 Å². The average molecular weight is 1030 g/mol. The van der Waals surface area contributed by atoms with Crippen LogP contribution >= 0.6 is 0 Å². The average Bonchev–Trinajstić information content (AvgIpc) is 3.70. The highest BCUT2D eigenvalue weighted by molar-refractivity contribution is 5.90. The largest absolute Gasteiger partial charge is 0.311 e. The second-order valence-electron chi connectivity index (χ2n) is 21.4. The Hall–Kier alpha value is -9.96. The first-order valence-corrected chi connectivity index (χ1v) is 27.8. The smallest absolute Gasteiger partial charge is 0.0503 e. The summed E-state index contributed by atoms with van der Waals surface area (Å²) in [6, 6.07) is 102. The van der Waals surface area contributed by atoms with Gasteiger partial charge in [0.2, 0.25) is 0 Å². The summed E-state index contributed by atoms with van der Waals surface area (Å²) in [5.74, 6) is 0. The third kappa shape index (κ3) is 9.65. The molecule has 0 amide bonds. The summed E-state index contributed by atoms with van der Waals surface area (Å²) >= 11 is 0. The summed E-state index contributed by atoms with van der Waals surface area (Å²) in [7, 11) is 0. The summed E-state index contributed by atoms with van der Waals surface area (Å²) in [6.07, 6.45) is 9.86. The quantitative estimate of drug-likeness (QED) is 0.121. The minimum atomic E-state index is -0.314. The number of nitrogens with zero attached hydrogens (tertiary/aromatic N) is 3. The summed E-state index contributed by atoms with van der Waals surface area (Å²) in [5.41, 5.74) is 25.8. The van der Waals surface area contributed by atoms with E-state index in [1.54, 1.807) is 0 Å². The molecular formula is C77H61N3. The van der Waals surface area contributed by atoms with E-state index in [0.29, 0.717) is 0 Å². The maximum atomic E-state index is 2.44. The monoisotopic (exact) mass is 1030 g/mol. The van der Waals surface area contributed by atoms with E-state index in [9.17, 15) is 0 Å². The molecule has 0 atom stereocenters. The molecule has 13 rings (SSSR count). The number of anilines is 9. The van der Waals surface area contributed by atoms with Crippen molar-refractivity contribution in [3.63, 3.8) is 0 Å². The minimum absolute atomic E-state index is 0.314. The maximum absolute atomic E-state index is 2.44. The zero-order valence-corrected chi connectivity index (χ0v) is 45.4. The summed E-state index contributed by atoms with van der Waals surface area (Å²) in [6.45, 7) is 6.97. The molecule has 0 saturated carbocycles. The molecule has 80 heavy (non-hydrogen) atoms. The summed E-state index contributed by atoms with van der Waals surface area (Å²) in [4.78, 5) is 7.10. The molecule has 384 valence electrons. The molecule has 0 radical (unpaired) electrons. The van der Waals surface area contributed by atoms with Crippen LogP contribution in [0.5, 0.6) is 0 Å². The Bertz CT molecular complexity index is 4010. The SMILES string of the molecule is CC1=CCC=CC=C1c1ccc(-c2ccc(-c3ccc(N(c4ccccc4)c4ccc(-c5ccc6c(c5)C(C)(C)c5cc(-c7ccc(N(c8ccccc8)c8ccccc8)cc7)ccc5N6c5ccccc5)cc4)cc3)cc2)cc1. The zero-order valence-electron chi connectivity index (χ0n) is 45.4. The number of hydrogen-bond donors (Lipinski definition) is 0. The Kier molecular flexibility index (Phi) is 13.3. The van der Waals surface area contributed by atoms with Crippen molar-refractivity contribution in [3.05, 3.63) is 326 Å². The molecular weight excluding hydrogens is 967 g/mol. The van der Waals surface area contributed by atoms with Gasteiger partial charge in [-0.15, -0.1) is 0 Å². The molecule has 1 aliphatic heterocycles. The van der Waals surface area contributed by atoms with Gasteiger partial charge in [0.05, 0.1) is 11.4 Å². The van der Waals surface area contributed by atoms with Crippen LogP contribution in [0.2, 0.25) is 0 Å². The van der Waals surface area contributed by atoms with Gasteiger partial charge in [0, 0.05) is 45.2 Å². The van der Waals surface area contributed by atoms with Gasteiger partial charge in [-0.05, 0) is 195 Å². The van der Waals surface area contributed by atoms with Gasteiger partial charge < -0.3 is 14.7 Å². The van der Waals surface area contributed by atoms with Crippen LogP contribution in [-0.4, -0.2) is 0 Å². The van der Waals surface area contributed by atoms with Gasteiger partial charge in [-0.1, -0.05) is 208 Å². The highest BCUT2D eigenvalue weighted by atomic mass is 15.2. The molecule has 0 saturated heterocycles. The number of allylic oxidation sites excluding steroid dienone is 6. The molecule has 11 aromatic carbocycles. The van der Waals surface area contributed by atoms with Crippen molar-refractivity contribution in [2.75, 3.05) is 14.7 Å². The van der Waals surface area contributed by atoms with Crippen LogP contribution < -0.4 is 14.7 Å². The molecule has 0 unspecified atom stereocenters. The van der Waals surface area contributed by atoms with Crippen LogP contribution in [0.25, 0.3) is 50.1 Å². The molecule has 3 heteroatoms. The van der Waals surface area contributed by atoms with Crippen LogP contribution in [-0.2, 0) is 5.41 Å². The number of fused-ring (bicyclic) bond motifs is 2. The van der Waals surface area contributed by atoms with Crippen molar-refractivity contribution in [1.29, 1.82) is 0 Å². The first kappa shape index (κ1) is 49.6. The Morgan fingerprint density at radius 3 is 1.04 bits per heavy atom. The molecule has 0 bridgehead atoms. The van der Waals surface area contributed by atoms with Gasteiger partial charge in [0.1, 0.15) is 0 Å². The second kappa shape index (κ2) is 21.5. The fraction of sp³-hybridized carbons (Fsp3) is 0.0649. The van der Waals surface area contributed by atoms with Crippen LogP contribution in [0.3, 0.4) is 0 Å². The molecule has 11 aromatic rings. The van der Waals surface area contributed by atoms with Gasteiger partial charge in [0.15, 0.2) is 0 Å². The van der Waals surface area contributed by atoms with Crippen LogP contribution in [0.1, 0.15) is 43.9 Å². The van der Waals surface area contributed by atoms with Crippen LogP contribution in [0.4, 0.5) is 51.2 Å². The normalized spacial score (nSPS) is 13.3. The van der Waals surface area contributed by atoms with E-state index < -0.39 is 0 Å². The summed E-state index contributed by atoms with van der Waals surface area (Å²) in [5, 5.41) is 0. The topological polar surface area (TPSA) is 9.72 Å². The third-order valence-corrected chi connectivity index (χ3v) is 16.1. The number of benzene rings is 11. The maximum Gasteiger partial charge on any atom is 0.0503 e. The standard InChI is InChI=1S/C77H61N3/c1-55-19-9-4-18-28-72(55)62-35-33-58(34-36-62)56-29-31-57(32-30-56)59-37-45-70(46-38-59)79(67-24-14-7-15-25-67)71-49-41-61(42-50-71)64-44-52-76-74(54-64)77(2,3)73-53-63(43-51-75(73)80(76)68-26-16-8-17-27-68)60-39-47-69(48-40-60)78(65-20-10-5-11-21-65)66-22-12-6-13-23-66/h4-8,10-54H,9H2,1-3H3. The molecule has 0 N–H and O–H groups in total. The summed E-state index contributed by atoms with van der Waals surface area (Å²) < 4.78 is 0. The van der Waals surface area contributed by atoms with E-state index in [1.165, 1.54) is 83.7 Å². The van der Waals surface area contributed by atoms with E-state index in [0.717, 1.165) is 46.2 Å². The lowest BCUT2D eigenvalue weighted by atomic mass is 9.72. The van der Waals surface area contributed by atoms with Gasteiger partial charge in [-0.25, -0.2) is 0 Å². The fourth-order valence-corrected chi connectivity index (χ4v) is 11.7. The number of hydrogen-bond acceptors (Lipinski definition) is 3. The lowest BCUT2D eigenvalue weighted by Crippen LogP contribution is -2.30. The van der Waals surface area contributed by atoms with Crippen molar-refractivity contribution in [3.8, 4) is 44.5 Å². The molecule has 2 aliphatic rings. The number of rotatable bonds is 12. The molecule has 1 heterocycles. The predicted octanol–water partition coefficient (Wildman–Crippen LogP) is 21.7. The molecule has 1 aliphatic carbocycles.